The largest absolute Gasteiger partial charge is 0.309 e. The molecule has 0 spiro atoms. The Morgan fingerprint density at radius 2 is 1.60 bits per heavy atom. The van der Waals surface area contributed by atoms with Gasteiger partial charge >= 0.3 is 0 Å². The molecule has 0 fully saturated rings. The maximum Gasteiger partial charge on any atom is 0.0000920 e. The summed E-state index contributed by atoms with van der Waals surface area (Å²) in [5.41, 5.74) is 0. The van der Waals surface area contributed by atoms with E-state index in [0.717, 1.165) is 5.92 Å². The Hall–Kier alpha value is -0.0800. The fraction of sp³-hybridized carbons (Fsp3) is 1.00. The van der Waals surface area contributed by atoms with Gasteiger partial charge in [0, 0.05) is 6.54 Å². The highest BCUT2D eigenvalue weighted by atomic mass is 15.1. The van der Waals surface area contributed by atoms with Crippen LogP contribution in [0.25, 0.3) is 0 Å². The minimum atomic E-state index is 0.844. The maximum absolute atomic E-state index is 2.51. The normalized spacial score (nSPS) is 13.8. The van der Waals surface area contributed by atoms with Crippen LogP contribution in [0, 0.1) is 5.92 Å². The summed E-state index contributed by atoms with van der Waals surface area (Å²) in [4.78, 5) is 4.80. The third-order valence-corrected chi connectivity index (χ3v) is 2.99. The predicted molar refractivity (Wildman–Crippen MR) is 69.4 cm³/mol. The first kappa shape index (κ1) is 14.9. The second-order valence-corrected chi connectivity index (χ2v) is 4.89. The average Bonchev–Trinajstić information content (AvgIpc) is 2.17. The van der Waals surface area contributed by atoms with E-state index >= 15 is 0 Å². The summed E-state index contributed by atoms with van der Waals surface area (Å²) in [6, 6.07) is 0. The van der Waals surface area contributed by atoms with Crippen molar-refractivity contribution in [3.63, 3.8) is 0 Å². The molecular weight excluding hydrogens is 184 g/mol. The van der Waals surface area contributed by atoms with Crippen molar-refractivity contribution in [2.75, 3.05) is 40.3 Å². The number of unbranched alkanes of at least 4 members (excludes halogenated alkanes) is 1. The molecule has 0 radical (unpaired) electrons. The van der Waals surface area contributed by atoms with E-state index in [2.05, 4.69) is 44.7 Å². The summed E-state index contributed by atoms with van der Waals surface area (Å²) < 4.78 is 0. The van der Waals surface area contributed by atoms with Crippen LogP contribution < -0.4 is 0 Å². The topological polar surface area (TPSA) is 6.48 Å². The zero-order chi connectivity index (χ0) is 11.7. The minimum absolute atomic E-state index is 0.844. The van der Waals surface area contributed by atoms with Crippen LogP contribution in [-0.2, 0) is 0 Å². The van der Waals surface area contributed by atoms with Crippen LogP contribution >= 0.6 is 0 Å². The van der Waals surface area contributed by atoms with Crippen LogP contribution in [0.15, 0.2) is 0 Å². The van der Waals surface area contributed by atoms with Gasteiger partial charge in [0.2, 0.25) is 0 Å². The molecule has 2 heteroatoms. The molecule has 0 saturated carbocycles. The van der Waals surface area contributed by atoms with Crippen molar-refractivity contribution in [2.24, 2.45) is 5.92 Å². The standard InChI is InChI=1S/C13H30N2/c1-6-15(7-2)11-9-8-10-13(3)12-14(4)5/h13H,6-12H2,1-5H3. The van der Waals surface area contributed by atoms with Gasteiger partial charge in [0.25, 0.3) is 0 Å². The van der Waals surface area contributed by atoms with E-state index < -0.39 is 0 Å². The van der Waals surface area contributed by atoms with Gasteiger partial charge in [-0.05, 0) is 52.5 Å². The molecule has 0 aliphatic rings. The Morgan fingerprint density at radius 3 is 2.07 bits per heavy atom. The quantitative estimate of drug-likeness (QED) is 0.545. The maximum atomic E-state index is 2.51. The smallest absolute Gasteiger partial charge is 0.0000920 e. The highest BCUT2D eigenvalue weighted by Gasteiger charge is 2.04. The van der Waals surface area contributed by atoms with Crippen molar-refractivity contribution in [2.45, 2.75) is 40.0 Å². The molecule has 0 aliphatic heterocycles. The lowest BCUT2D eigenvalue weighted by Gasteiger charge is -2.19. The molecule has 0 rings (SSSR count). The number of hydrogen-bond acceptors (Lipinski definition) is 2. The van der Waals surface area contributed by atoms with E-state index in [4.69, 9.17) is 0 Å². The van der Waals surface area contributed by atoms with E-state index in [1.807, 2.05) is 0 Å². The monoisotopic (exact) mass is 214 g/mol. The third-order valence-electron chi connectivity index (χ3n) is 2.99. The van der Waals surface area contributed by atoms with Gasteiger partial charge in [0.1, 0.15) is 0 Å². The van der Waals surface area contributed by atoms with E-state index in [-0.39, 0.29) is 0 Å². The zero-order valence-electron chi connectivity index (χ0n) is 11.4. The molecule has 1 unspecified atom stereocenters. The van der Waals surface area contributed by atoms with Gasteiger partial charge < -0.3 is 9.80 Å². The molecule has 0 N–H and O–H groups in total. The Labute approximate surface area is 96.6 Å². The van der Waals surface area contributed by atoms with Gasteiger partial charge in [0.15, 0.2) is 0 Å². The van der Waals surface area contributed by atoms with Crippen molar-refractivity contribution in [3.05, 3.63) is 0 Å². The molecular formula is C13H30N2. The van der Waals surface area contributed by atoms with E-state index in [9.17, 15) is 0 Å². The molecule has 0 heterocycles. The van der Waals surface area contributed by atoms with Crippen LogP contribution in [0.5, 0.6) is 0 Å². The average molecular weight is 214 g/mol. The molecule has 0 aromatic carbocycles. The van der Waals surface area contributed by atoms with Crippen molar-refractivity contribution in [1.82, 2.24) is 9.80 Å². The van der Waals surface area contributed by atoms with Gasteiger partial charge in [-0.3, -0.25) is 0 Å². The van der Waals surface area contributed by atoms with E-state index in [1.54, 1.807) is 0 Å². The summed E-state index contributed by atoms with van der Waals surface area (Å²) in [5.74, 6) is 0.844. The summed E-state index contributed by atoms with van der Waals surface area (Å²) in [6.07, 6.45) is 4.12. The molecule has 92 valence electrons. The molecule has 2 nitrogen and oxygen atoms in total. The molecule has 1 atom stereocenters. The lowest BCUT2D eigenvalue weighted by molar-refractivity contribution is 0.282. The highest BCUT2D eigenvalue weighted by Crippen LogP contribution is 2.09. The van der Waals surface area contributed by atoms with Gasteiger partial charge in [-0.15, -0.1) is 0 Å². The molecule has 0 aromatic rings. The minimum Gasteiger partial charge on any atom is -0.309 e. The lowest BCUT2D eigenvalue weighted by atomic mass is 10.0. The molecule has 15 heavy (non-hydrogen) atoms. The number of rotatable bonds is 9. The van der Waals surface area contributed by atoms with Crippen molar-refractivity contribution < 1.29 is 0 Å². The molecule has 0 aromatic heterocycles. The first-order valence-electron chi connectivity index (χ1n) is 6.47. The molecule has 0 amide bonds. The lowest BCUT2D eigenvalue weighted by Crippen LogP contribution is -2.24. The first-order valence-corrected chi connectivity index (χ1v) is 6.47. The second kappa shape index (κ2) is 9.17. The van der Waals surface area contributed by atoms with Crippen molar-refractivity contribution >= 4 is 0 Å². The molecule has 0 saturated heterocycles. The Morgan fingerprint density at radius 1 is 1.00 bits per heavy atom. The Balaban J connectivity index is 3.37. The fourth-order valence-electron chi connectivity index (χ4n) is 2.08. The van der Waals surface area contributed by atoms with Gasteiger partial charge in [-0.1, -0.05) is 27.2 Å². The van der Waals surface area contributed by atoms with Gasteiger partial charge in [-0.25, -0.2) is 0 Å². The van der Waals surface area contributed by atoms with Crippen LogP contribution in [0.2, 0.25) is 0 Å². The van der Waals surface area contributed by atoms with E-state index in [1.165, 1.54) is 45.4 Å². The summed E-state index contributed by atoms with van der Waals surface area (Å²) >= 11 is 0. The third kappa shape index (κ3) is 8.88. The summed E-state index contributed by atoms with van der Waals surface area (Å²) in [7, 11) is 4.32. The molecule has 0 aliphatic carbocycles. The highest BCUT2D eigenvalue weighted by molar-refractivity contribution is 4.58. The Kier molecular flexibility index (Phi) is 9.12. The van der Waals surface area contributed by atoms with Crippen LogP contribution in [0.4, 0.5) is 0 Å². The van der Waals surface area contributed by atoms with Crippen molar-refractivity contribution in [3.8, 4) is 0 Å². The fourth-order valence-corrected chi connectivity index (χ4v) is 2.08. The van der Waals surface area contributed by atoms with Crippen LogP contribution in [0.3, 0.4) is 0 Å². The van der Waals surface area contributed by atoms with Gasteiger partial charge in [-0.2, -0.15) is 0 Å². The number of nitrogens with zero attached hydrogens (tertiary/aromatic N) is 2. The van der Waals surface area contributed by atoms with Gasteiger partial charge in [0.05, 0.1) is 0 Å². The second-order valence-electron chi connectivity index (χ2n) is 4.89. The SMILES string of the molecule is CCN(CC)CCCCC(C)CN(C)C. The van der Waals surface area contributed by atoms with Crippen LogP contribution in [-0.4, -0.2) is 50.1 Å². The number of hydrogen-bond donors (Lipinski definition) is 0. The van der Waals surface area contributed by atoms with E-state index in [0.29, 0.717) is 0 Å². The first-order chi connectivity index (χ1) is 7.10. The van der Waals surface area contributed by atoms with Crippen molar-refractivity contribution in [1.29, 1.82) is 0 Å². The summed E-state index contributed by atoms with van der Waals surface area (Å²) in [6.45, 7) is 11.8. The summed E-state index contributed by atoms with van der Waals surface area (Å²) in [5, 5.41) is 0. The zero-order valence-corrected chi connectivity index (χ0v) is 11.4. The molecule has 0 bridgehead atoms. The predicted octanol–water partition coefficient (Wildman–Crippen LogP) is 2.70. The Bertz CT molecular complexity index is 130. The van der Waals surface area contributed by atoms with Crippen LogP contribution in [0.1, 0.15) is 40.0 Å².